The average molecular weight is 333 g/mol. The fraction of sp³-hybridized carbons (Fsp3) is 0. The molecular formula is C18H12ClF2P. The number of hydrogen-bond acceptors (Lipinski definition) is 0. The van der Waals surface area contributed by atoms with Crippen LogP contribution in [0.1, 0.15) is 0 Å². The molecule has 0 spiro atoms. The molecule has 0 aliphatic rings. The van der Waals surface area contributed by atoms with Gasteiger partial charge in [-0.3, -0.25) is 0 Å². The summed E-state index contributed by atoms with van der Waals surface area (Å²) in [4.78, 5) is 0. The van der Waals surface area contributed by atoms with E-state index in [0.29, 0.717) is 0 Å². The van der Waals surface area contributed by atoms with Crippen LogP contribution in [0.4, 0.5) is 8.78 Å². The lowest BCUT2D eigenvalue weighted by Gasteiger charge is -2.20. The van der Waals surface area contributed by atoms with Gasteiger partial charge in [0.05, 0.1) is 5.30 Å². The molecule has 0 N–H and O–H groups in total. The predicted octanol–water partition coefficient (Wildman–Crippen LogP) is 4.38. The average Bonchev–Trinajstić information content (AvgIpc) is 2.52. The van der Waals surface area contributed by atoms with Crippen LogP contribution in [0.25, 0.3) is 0 Å². The third-order valence-electron chi connectivity index (χ3n) is 3.23. The van der Waals surface area contributed by atoms with Gasteiger partial charge in [0.2, 0.25) is 0 Å². The lowest BCUT2D eigenvalue weighted by Crippen LogP contribution is -2.25. The minimum absolute atomic E-state index is 0.0647. The standard InChI is InChI=1S/C18H12ClF2P/c19-13-11-16(20)18(17(21)12-13)22(14-7-3-1-4-8-14)15-9-5-2-6-10-15/h1-12H. The van der Waals surface area contributed by atoms with Crippen LogP contribution >= 0.6 is 19.5 Å². The number of halogens is 3. The zero-order valence-corrected chi connectivity index (χ0v) is 13.2. The van der Waals surface area contributed by atoms with Crippen LogP contribution in [0.5, 0.6) is 0 Å². The maximum Gasteiger partial charge on any atom is 0.135 e. The monoisotopic (exact) mass is 332 g/mol. The summed E-state index contributed by atoms with van der Waals surface area (Å²) in [7, 11) is -1.31. The van der Waals surface area contributed by atoms with Crippen molar-refractivity contribution in [2.75, 3.05) is 0 Å². The molecule has 3 rings (SSSR count). The number of benzene rings is 3. The first-order chi connectivity index (χ1) is 10.7. The molecule has 0 atom stereocenters. The molecule has 22 heavy (non-hydrogen) atoms. The van der Waals surface area contributed by atoms with Gasteiger partial charge in [-0.15, -0.1) is 0 Å². The first-order valence-electron chi connectivity index (χ1n) is 6.71. The van der Waals surface area contributed by atoms with Gasteiger partial charge in [0.25, 0.3) is 0 Å². The molecule has 0 aromatic heterocycles. The van der Waals surface area contributed by atoms with Gasteiger partial charge in [-0.2, -0.15) is 0 Å². The van der Waals surface area contributed by atoms with Gasteiger partial charge in [-0.1, -0.05) is 72.3 Å². The molecule has 0 fully saturated rings. The van der Waals surface area contributed by atoms with Gasteiger partial charge in [0, 0.05) is 5.02 Å². The van der Waals surface area contributed by atoms with Crippen LogP contribution in [-0.2, 0) is 0 Å². The van der Waals surface area contributed by atoms with E-state index in [9.17, 15) is 8.78 Å². The molecule has 0 amide bonds. The lowest BCUT2D eigenvalue weighted by atomic mass is 10.3. The molecule has 110 valence electrons. The summed E-state index contributed by atoms with van der Waals surface area (Å²) in [5.41, 5.74) is 0. The van der Waals surface area contributed by atoms with Gasteiger partial charge in [-0.05, 0) is 30.7 Å². The van der Waals surface area contributed by atoms with Crippen LogP contribution in [0, 0.1) is 11.6 Å². The topological polar surface area (TPSA) is 0 Å². The van der Waals surface area contributed by atoms with Crippen molar-refractivity contribution in [2.45, 2.75) is 0 Å². The zero-order valence-electron chi connectivity index (χ0n) is 11.5. The highest BCUT2D eigenvalue weighted by molar-refractivity contribution is 7.79. The molecule has 0 saturated carbocycles. The molecule has 0 aliphatic carbocycles. The normalized spacial score (nSPS) is 10.9. The molecule has 3 aromatic carbocycles. The highest BCUT2D eigenvalue weighted by Gasteiger charge is 2.24. The lowest BCUT2D eigenvalue weighted by molar-refractivity contribution is 0.598. The summed E-state index contributed by atoms with van der Waals surface area (Å²) in [6, 6.07) is 21.2. The van der Waals surface area contributed by atoms with Crippen molar-refractivity contribution in [1.82, 2.24) is 0 Å². The Morgan fingerprint density at radius 2 is 1.09 bits per heavy atom. The van der Waals surface area contributed by atoms with Gasteiger partial charge >= 0.3 is 0 Å². The van der Waals surface area contributed by atoms with Crippen molar-refractivity contribution < 1.29 is 8.78 Å². The molecule has 3 aromatic rings. The largest absolute Gasteiger partial charge is 0.206 e. The van der Waals surface area contributed by atoms with E-state index in [2.05, 4.69) is 0 Å². The SMILES string of the molecule is Fc1cc(Cl)cc(F)c1P(c1ccccc1)c1ccccc1. The van der Waals surface area contributed by atoms with E-state index in [1.54, 1.807) is 0 Å². The molecule has 0 aliphatic heterocycles. The molecular weight excluding hydrogens is 321 g/mol. The minimum Gasteiger partial charge on any atom is -0.206 e. The van der Waals surface area contributed by atoms with Crippen molar-refractivity contribution in [2.24, 2.45) is 0 Å². The molecule has 0 radical (unpaired) electrons. The number of rotatable bonds is 3. The molecule has 0 nitrogen and oxygen atoms in total. The van der Waals surface area contributed by atoms with Crippen LogP contribution in [-0.4, -0.2) is 0 Å². The fourth-order valence-corrected chi connectivity index (χ4v) is 4.81. The van der Waals surface area contributed by atoms with Crippen LogP contribution < -0.4 is 15.9 Å². The Kier molecular flexibility index (Phi) is 4.52. The second-order valence-corrected chi connectivity index (χ2v) is 7.31. The third-order valence-corrected chi connectivity index (χ3v) is 5.96. The Labute approximate surface area is 134 Å². The van der Waals surface area contributed by atoms with Crippen molar-refractivity contribution in [3.8, 4) is 0 Å². The molecule has 0 heterocycles. The summed E-state index contributed by atoms with van der Waals surface area (Å²) in [6.45, 7) is 0. The fourth-order valence-electron chi connectivity index (χ4n) is 2.31. The predicted molar refractivity (Wildman–Crippen MR) is 90.1 cm³/mol. The van der Waals surface area contributed by atoms with Gasteiger partial charge in [0.15, 0.2) is 0 Å². The van der Waals surface area contributed by atoms with E-state index in [-0.39, 0.29) is 10.3 Å². The van der Waals surface area contributed by atoms with E-state index in [4.69, 9.17) is 11.6 Å². The summed E-state index contributed by atoms with van der Waals surface area (Å²) >= 11 is 5.75. The van der Waals surface area contributed by atoms with Crippen molar-refractivity contribution >= 4 is 35.4 Å². The van der Waals surface area contributed by atoms with Gasteiger partial charge in [-0.25, -0.2) is 8.78 Å². The minimum atomic E-state index is -1.31. The van der Waals surface area contributed by atoms with Gasteiger partial charge < -0.3 is 0 Å². The summed E-state index contributed by atoms with van der Waals surface area (Å²) in [5, 5.41) is 1.93. The third kappa shape index (κ3) is 3.04. The summed E-state index contributed by atoms with van der Waals surface area (Å²) < 4.78 is 28.8. The van der Waals surface area contributed by atoms with Gasteiger partial charge in [0.1, 0.15) is 11.6 Å². The first kappa shape index (κ1) is 15.1. The maximum atomic E-state index is 14.4. The maximum absolute atomic E-state index is 14.4. The van der Waals surface area contributed by atoms with E-state index < -0.39 is 19.6 Å². The Bertz CT molecular complexity index is 713. The van der Waals surface area contributed by atoms with Crippen LogP contribution in [0.15, 0.2) is 72.8 Å². The molecule has 0 saturated heterocycles. The quantitative estimate of drug-likeness (QED) is 0.625. The van der Waals surface area contributed by atoms with Crippen LogP contribution in [0.2, 0.25) is 5.02 Å². The van der Waals surface area contributed by atoms with Crippen LogP contribution in [0.3, 0.4) is 0 Å². The second kappa shape index (κ2) is 6.56. The smallest absolute Gasteiger partial charge is 0.135 e. The molecule has 0 bridgehead atoms. The Morgan fingerprint density at radius 1 is 0.682 bits per heavy atom. The zero-order chi connectivity index (χ0) is 15.5. The van der Waals surface area contributed by atoms with Crippen molar-refractivity contribution in [1.29, 1.82) is 0 Å². The molecule has 4 heteroatoms. The van der Waals surface area contributed by atoms with E-state index in [1.807, 2.05) is 60.7 Å². The molecule has 0 unspecified atom stereocenters. The Hall–Kier alpha value is -1.76. The van der Waals surface area contributed by atoms with Crippen molar-refractivity contribution in [3.05, 3.63) is 89.5 Å². The van der Waals surface area contributed by atoms with E-state index in [0.717, 1.165) is 10.6 Å². The highest BCUT2D eigenvalue weighted by Crippen LogP contribution is 2.35. The Morgan fingerprint density at radius 3 is 1.50 bits per heavy atom. The number of hydrogen-bond donors (Lipinski definition) is 0. The van der Waals surface area contributed by atoms with E-state index >= 15 is 0 Å². The second-order valence-electron chi connectivity index (χ2n) is 4.72. The summed E-state index contributed by atoms with van der Waals surface area (Å²) in [6.07, 6.45) is 0. The first-order valence-corrected chi connectivity index (χ1v) is 8.43. The van der Waals surface area contributed by atoms with Crippen molar-refractivity contribution in [3.63, 3.8) is 0 Å². The summed E-state index contributed by atoms with van der Waals surface area (Å²) in [5.74, 6) is -1.22. The highest BCUT2D eigenvalue weighted by atomic mass is 35.5. The van der Waals surface area contributed by atoms with E-state index in [1.165, 1.54) is 12.1 Å². The Balaban J connectivity index is 2.24.